The van der Waals surface area contributed by atoms with Crippen LogP contribution in [0.1, 0.15) is 5.56 Å². The first-order valence-corrected chi connectivity index (χ1v) is 8.01. The molecule has 2 aromatic carbocycles. The number of thioether (sulfide) groups is 1. The Morgan fingerprint density at radius 1 is 0.958 bits per heavy atom. The Morgan fingerprint density at radius 2 is 1.71 bits per heavy atom. The fraction of sp³-hybridized carbons (Fsp3) is 0.111. The monoisotopic (exact) mass is 341 g/mol. The first-order chi connectivity index (χ1) is 11.7. The van der Waals surface area contributed by atoms with Gasteiger partial charge in [0.25, 0.3) is 11.1 Å². The van der Waals surface area contributed by atoms with E-state index in [0.717, 1.165) is 11.8 Å². The Morgan fingerprint density at radius 3 is 2.38 bits per heavy atom. The van der Waals surface area contributed by atoms with E-state index in [-0.39, 0.29) is 11.1 Å². The van der Waals surface area contributed by atoms with Gasteiger partial charge in [-0.2, -0.15) is 0 Å². The molecule has 0 unspecified atom stereocenters. The zero-order valence-corrected chi connectivity index (χ0v) is 14.0. The number of para-hydroxylation sites is 2. The highest BCUT2D eigenvalue weighted by Gasteiger charge is 2.36. The Labute approximate surface area is 143 Å². The lowest BCUT2D eigenvalue weighted by molar-refractivity contribution is -0.113. The maximum Gasteiger partial charge on any atom is 0.298 e. The van der Waals surface area contributed by atoms with Crippen LogP contribution in [0.5, 0.6) is 11.5 Å². The van der Waals surface area contributed by atoms with E-state index < -0.39 is 0 Å². The number of carbonyl (C=O) groups is 2. The van der Waals surface area contributed by atoms with Gasteiger partial charge in [-0.05, 0) is 36.0 Å². The standard InChI is InChI=1S/C18H15NO4S/c1-22-14-10-6-7-12(16(14)23-2)11-15-17(20)19(18(21)24-15)13-8-4-3-5-9-13/h3-11H,1-2H3. The quantitative estimate of drug-likeness (QED) is 0.788. The molecule has 1 fully saturated rings. The third-order valence-corrected chi connectivity index (χ3v) is 4.40. The molecule has 3 rings (SSSR count). The van der Waals surface area contributed by atoms with Crippen molar-refractivity contribution >= 4 is 34.7 Å². The minimum absolute atomic E-state index is 0.320. The number of anilines is 1. The van der Waals surface area contributed by atoms with Crippen molar-refractivity contribution in [1.82, 2.24) is 0 Å². The average Bonchev–Trinajstić information content (AvgIpc) is 2.89. The fourth-order valence-electron chi connectivity index (χ4n) is 2.43. The van der Waals surface area contributed by atoms with Gasteiger partial charge in [-0.1, -0.05) is 30.3 Å². The molecule has 0 spiro atoms. The van der Waals surface area contributed by atoms with Gasteiger partial charge in [-0.25, -0.2) is 4.90 Å². The number of ether oxygens (including phenoxy) is 2. The predicted octanol–water partition coefficient (Wildman–Crippen LogP) is 3.94. The van der Waals surface area contributed by atoms with Gasteiger partial charge in [0, 0.05) is 5.56 Å². The second-order valence-electron chi connectivity index (χ2n) is 4.94. The molecule has 5 nitrogen and oxygen atoms in total. The first-order valence-electron chi connectivity index (χ1n) is 7.19. The van der Waals surface area contributed by atoms with E-state index in [1.807, 2.05) is 6.07 Å². The summed E-state index contributed by atoms with van der Waals surface area (Å²) in [5.41, 5.74) is 1.23. The lowest BCUT2D eigenvalue weighted by Gasteiger charge is -2.12. The number of amides is 2. The molecule has 24 heavy (non-hydrogen) atoms. The van der Waals surface area contributed by atoms with Crippen LogP contribution in [0.15, 0.2) is 53.4 Å². The highest BCUT2D eigenvalue weighted by molar-refractivity contribution is 8.19. The van der Waals surface area contributed by atoms with Crippen molar-refractivity contribution in [2.75, 3.05) is 19.1 Å². The van der Waals surface area contributed by atoms with Gasteiger partial charge in [0.1, 0.15) is 0 Å². The minimum Gasteiger partial charge on any atom is -0.493 e. The first kappa shape index (κ1) is 16.1. The summed E-state index contributed by atoms with van der Waals surface area (Å²) < 4.78 is 10.6. The molecule has 0 aliphatic carbocycles. The minimum atomic E-state index is -0.346. The molecular weight excluding hydrogens is 326 g/mol. The van der Waals surface area contributed by atoms with Crippen molar-refractivity contribution in [3.8, 4) is 11.5 Å². The molecule has 0 bridgehead atoms. The second-order valence-corrected chi connectivity index (χ2v) is 5.93. The smallest absolute Gasteiger partial charge is 0.298 e. The van der Waals surface area contributed by atoms with Crippen LogP contribution in [0.2, 0.25) is 0 Å². The third kappa shape index (κ3) is 2.88. The third-order valence-electron chi connectivity index (χ3n) is 3.53. The van der Waals surface area contributed by atoms with Gasteiger partial charge >= 0.3 is 0 Å². The lowest BCUT2D eigenvalue weighted by atomic mass is 10.1. The maximum absolute atomic E-state index is 12.6. The summed E-state index contributed by atoms with van der Waals surface area (Å²) in [4.78, 5) is 26.4. The molecule has 1 heterocycles. The summed E-state index contributed by atoms with van der Waals surface area (Å²) in [6.07, 6.45) is 1.65. The van der Waals surface area contributed by atoms with Crippen molar-refractivity contribution in [1.29, 1.82) is 0 Å². The molecule has 1 aliphatic heterocycles. The molecule has 0 aromatic heterocycles. The topological polar surface area (TPSA) is 55.8 Å². The van der Waals surface area contributed by atoms with Crippen LogP contribution in [0, 0.1) is 0 Å². The number of hydrogen-bond donors (Lipinski definition) is 0. The predicted molar refractivity (Wildman–Crippen MR) is 94.4 cm³/mol. The summed E-state index contributed by atoms with van der Waals surface area (Å²) in [7, 11) is 3.08. The molecule has 2 aromatic rings. The Bertz CT molecular complexity index is 817. The van der Waals surface area contributed by atoms with Crippen molar-refractivity contribution in [2.45, 2.75) is 0 Å². The van der Waals surface area contributed by atoms with Crippen LogP contribution in [0.4, 0.5) is 10.5 Å². The van der Waals surface area contributed by atoms with Gasteiger partial charge in [0.15, 0.2) is 11.5 Å². The molecule has 2 amide bonds. The molecule has 0 atom stereocenters. The molecular formula is C18H15NO4S. The second kappa shape index (κ2) is 6.80. The molecule has 1 saturated heterocycles. The van der Waals surface area contributed by atoms with E-state index in [1.165, 1.54) is 12.0 Å². The Kier molecular flexibility index (Phi) is 4.57. The normalized spacial score (nSPS) is 15.9. The van der Waals surface area contributed by atoms with E-state index in [0.29, 0.717) is 27.7 Å². The summed E-state index contributed by atoms with van der Waals surface area (Å²) in [5.74, 6) is 0.737. The van der Waals surface area contributed by atoms with Gasteiger partial charge in [0.2, 0.25) is 0 Å². The number of hydrogen-bond acceptors (Lipinski definition) is 5. The Hall–Kier alpha value is -2.73. The largest absolute Gasteiger partial charge is 0.493 e. The summed E-state index contributed by atoms with van der Waals surface area (Å²) >= 11 is 0.906. The highest BCUT2D eigenvalue weighted by Crippen LogP contribution is 2.38. The van der Waals surface area contributed by atoms with Crippen molar-refractivity contribution in [2.24, 2.45) is 0 Å². The molecule has 0 radical (unpaired) electrons. The number of benzene rings is 2. The van der Waals surface area contributed by atoms with Crippen molar-refractivity contribution < 1.29 is 19.1 Å². The summed E-state index contributed by atoms with van der Waals surface area (Å²) in [5, 5.41) is -0.320. The fourth-order valence-corrected chi connectivity index (χ4v) is 3.27. The van der Waals surface area contributed by atoms with E-state index in [1.54, 1.807) is 55.7 Å². The molecule has 0 N–H and O–H groups in total. The van der Waals surface area contributed by atoms with Crippen molar-refractivity contribution in [3.63, 3.8) is 0 Å². The summed E-state index contributed by atoms with van der Waals surface area (Å²) in [6.45, 7) is 0. The number of imide groups is 1. The van der Waals surface area contributed by atoms with E-state index in [9.17, 15) is 9.59 Å². The molecule has 0 saturated carbocycles. The van der Waals surface area contributed by atoms with E-state index in [4.69, 9.17) is 9.47 Å². The molecule has 6 heteroatoms. The van der Waals surface area contributed by atoms with Crippen LogP contribution < -0.4 is 14.4 Å². The number of methoxy groups -OCH3 is 2. The van der Waals surface area contributed by atoms with Crippen molar-refractivity contribution in [3.05, 3.63) is 59.0 Å². The number of rotatable bonds is 4. The SMILES string of the molecule is COc1cccc(C=C2SC(=O)N(c3ccccc3)C2=O)c1OC. The van der Waals surface area contributed by atoms with Crippen LogP contribution in [-0.2, 0) is 4.79 Å². The lowest BCUT2D eigenvalue weighted by Crippen LogP contribution is -2.27. The zero-order valence-electron chi connectivity index (χ0n) is 13.2. The highest BCUT2D eigenvalue weighted by atomic mass is 32.2. The van der Waals surface area contributed by atoms with E-state index in [2.05, 4.69) is 0 Å². The van der Waals surface area contributed by atoms with Crippen LogP contribution in [-0.4, -0.2) is 25.4 Å². The van der Waals surface area contributed by atoms with Crippen LogP contribution in [0.25, 0.3) is 6.08 Å². The van der Waals surface area contributed by atoms with Gasteiger partial charge in [0.05, 0.1) is 24.8 Å². The number of nitrogens with zero attached hydrogens (tertiary/aromatic N) is 1. The Balaban J connectivity index is 1.98. The zero-order chi connectivity index (χ0) is 17.1. The van der Waals surface area contributed by atoms with E-state index >= 15 is 0 Å². The van der Waals surface area contributed by atoms with Crippen LogP contribution in [0.3, 0.4) is 0 Å². The van der Waals surface area contributed by atoms with Crippen LogP contribution >= 0.6 is 11.8 Å². The summed E-state index contributed by atoms with van der Waals surface area (Å²) in [6, 6.07) is 14.2. The average molecular weight is 341 g/mol. The van der Waals surface area contributed by atoms with Gasteiger partial charge < -0.3 is 9.47 Å². The number of carbonyl (C=O) groups excluding carboxylic acids is 2. The maximum atomic E-state index is 12.6. The van der Waals surface area contributed by atoms with Gasteiger partial charge in [-0.3, -0.25) is 9.59 Å². The molecule has 122 valence electrons. The molecule has 1 aliphatic rings. The van der Waals surface area contributed by atoms with Gasteiger partial charge in [-0.15, -0.1) is 0 Å².